The summed E-state index contributed by atoms with van der Waals surface area (Å²) >= 11 is 0. The predicted octanol–water partition coefficient (Wildman–Crippen LogP) is 11.9. The minimum Gasteiger partial charge on any atom is -0.423 e. The Morgan fingerprint density at radius 3 is 1.44 bits per heavy atom. The summed E-state index contributed by atoms with van der Waals surface area (Å²) in [5.41, 5.74) is 17.5. The molecule has 0 unspecified atom stereocenters. The molecule has 0 aliphatic heterocycles. The van der Waals surface area contributed by atoms with Crippen molar-refractivity contribution in [3.63, 3.8) is 0 Å². The number of hydrogen-bond acceptors (Lipinski definition) is 11. The Labute approximate surface area is 439 Å². The van der Waals surface area contributed by atoms with E-state index in [1.165, 1.54) is 102 Å². The van der Waals surface area contributed by atoms with E-state index in [1.807, 2.05) is 0 Å². The second-order valence-corrected chi connectivity index (χ2v) is 19.8. The molecule has 2 amide bonds. The van der Waals surface area contributed by atoms with Gasteiger partial charge < -0.3 is 42.2 Å². The van der Waals surface area contributed by atoms with Gasteiger partial charge >= 0.3 is 11.9 Å². The van der Waals surface area contributed by atoms with E-state index < -0.39 is 17.8 Å². The molecule has 1 aromatic carbocycles. The van der Waals surface area contributed by atoms with E-state index >= 15 is 0 Å². The van der Waals surface area contributed by atoms with E-state index in [2.05, 4.69) is 59.0 Å². The maximum Gasteiger partial charge on any atom is 0.311 e. The van der Waals surface area contributed by atoms with Crippen molar-refractivity contribution < 1.29 is 28.7 Å². The van der Waals surface area contributed by atoms with Crippen LogP contribution in [0, 0.1) is 0 Å². The summed E-state index contributed by atoms with van der Waals surface area (Å²) in [4.78, 5) is 55.1. The molecule has 1 aromatic rings. The van der Waals surface area contributed by atoms with Crippen LogP contribution in [0.25, 0.3) is 0 Å². The average Bonchev–Trinajstić information content (AvgIpc) is 3.37. The van der Waals surface area contributed by atoms with Crippen LogP contribution in [0.15, 0.2) is 42.5 Å². The number of unbranched alkanes of at least 4 members (excludes halogenated alkanes) is 22. The lowest BCUT2D eigenvalue weighted by Crippen LogP contribution is -2.47. The second kappa shape index (κ2) is 49.6. The molecule has 0 saturated carbocycles. The molecule has 1 atom stereocenters. The highest BCUT2D eigenvalue weighted by molar-refractivity contribution is 5.95. The number of hydrogen-bond donors (Lipinski definition) is 6. The number of amides is 2. The fourth-order valence-electron chi connectivity index (χ4n) is 8.59. The summed E-state index contributed by atoms with van der Waals surface area (Å²) in [5.74, 6) is -1.33. The molecule has 414 valence electrons. The van der Waals surface area contributed by atoms with E-state index in [1.54, 1.807) is 6.07 Å². The third kappa shape index (κ3) is 39.9. The highest BCUT2D eigenvalue weighted by Gasteiger charge is 2.19. The van der Waals surface area contributed by atoms with E-state index in [0.717, 1.165) is 116 Å². The van der Waals surface area contributed by atoms with Crippen molar-refractivity contribution in [2.45, 2.75) is 238 Å². The zero-order chi connectivity index (χ0) is 52.4. The van der Waals surface area contributed by atoms with Gasteiger partial charge in [-0.05, 0) is 160 Å². The quantitative estimate of drug-likeness (QED) is 0.0119. The van der Waals surface area contributed by atoms with Crippen LogP contribution in [0.5, 0.6) is 11.5 Å². The molecule has 13 heteroatoms. The third-order valence-electron chi connectivity index (χ3n) is 13.0. The molecular formula is C59H107N7O6. The lowest BCUT2D eigenvalue weighted by molar-refractivity contribution is -0.137. The minimum atomic E-state index is -0.440. The zero-order valence-electron chi connectivity index (χ0n) is 45.9. The summed E-state index contributed by atoms with van der Waals surface area (Å²) in [6.07, 6.45) is 44.1. The summed E-state index contributed by atoms with van der Waals surface area (Å²) < 4.78 is 11.5. The smallest absolute Gasteiger partial charge is 0.311 e. The van der Waals surface area contributed by atoms with Gasteiger partial charge in [-0.3, -0.25) is 24.5 Å². The standard InChI is InChI=1S/C59H107N7O6/c1-3-5-7-9-11-13-15-17-19-21-23-25-27-29-31-38-57(68)71-53-41-40-52(51-54(53)72-58(69)39-32-30-28-26-24-22-20-18-16-14-12-10-8-6-4-2)59(70)64-47-42-56(67)65-55(63-46-34-43-60)37-33-48-66(49-35-44-61)50-36-45-62/h17-20,40-41,51,55,63H,3-16,21-39,42-50,60-62H2,1-2H3,(H,64,70)(H,65,67)/b19-17-,20-18-/t55-/m0/s1. The Bertz CT molecular complexity index is 1530. The van der Waals surface area contributed by atoms with E-state index in [0.29, 0.717) is 39.0 Å². The van der Waals surface area contributed by atoms with Gasteiger partial charge in [-0.15, -0.1) is 0 Å². The largest absolute Gasteiger partial charge is 0.423 e. The number of esters is 2. The van der Waals surface area contributed by atoms with Gasteiger partial charge in [0.25, 0.3) is 5.91 Å². The van der Waals surface area contributed by atoms with Gasteiger partial charge in [0.1, 0.15) is 0 Å². The molecule has 0 spiro atoms. The number of carbonyl (C=O) groups is 4. The summed E-state index contributed by atoms with van der Waals surface area (Å²) in [6.45, 7) is 9.83. The Morgan fingerprint density at radius 2 is 0.958 bits per heavy atom. The van der Waals surface area contributed by atoms with Crippen LogP contribution in [0.1, 0.15) is 243 Å². The van der Waals surface area contributed by atoms with Gasteiger partial charge in [-0.2, -0.15) is 0 Å². The molecule has 13 nitrogen and oxygen atoms in total. The Morgan fingerprint density at radius 1 is 0.514 bits per heavy atom. The normalized spacial score (nSPS) is 12.0. The number of nitrogens with two attached hydrogens (primary N) is 3. The number of nitrogens with one attached hydrogen (secondary N) is 3. The molecule has 1 rings (SSSR count). The second-order valence-electron chi connectivity index (χ2n) is 19.8. The first-order chi connectivity index (χ1) is 35.3. The van der Waals surface area contributed by atoms with Crippen molar-refractivity contribution in [1.82, 2.24) is 20.9 Å². The zero-order valence-corrected chi connectivity index (χ0v) is 45.9. The van der Waals surface area contributed by atoms with Gasteiger partial charge in [0.05, 0.1) is 6.17 Å². The van der Waals surface area contributed by atoms with Crippen LogP contribution in [0.3, 0.4) is 0 Å². The summed E-state index contributed by atoms with van der Waals surface area (Å²) in [7, 11) is 0. The van der Waals surface area contributed by atoms with Gasteiger partial charge in [-0.25, -0.2) is 0 Å². The lowest BCUT2D eigenvalue weighted by Gasteiger charge is -2.24. The Kier molecular flexibility index (Phi) is 45.7. The molecule has 0 saturated heterocycles. The molecule has 72 heavy (non-hydrogen) atoms. The van der Waals surface area contributed by atoms with E-state index in [-0.39, 0.29) is 54.9 Å². The topological polar surface area (TPSA) is 204 Å². The number of benzene rings is 1. The van der Waals surface area contributed by atoms with Crippen molar-refractivity contribution in [1.29, 1.82) is 0 Å². The van der Waals surface area contributed by atoms with Gasteiger partial charge in [0.15, 0.2) is 11.5 Å². The number of ether oxygens (including phenoxy) is 2. The third-order valence-corrected chi connectivity index (χ3v) is 13.0. The fourth-order valence-corrected chi connectivity index (χ4v) is 8.59. The lowest BCUT2D eigenvalue weighted by atomic mass is 10.1. The summed E-state index contributed by atoms with van der Waals surface area (Å²) in [5, 5.41) is 9.32. The van der Waals surface area contributed by atoms with Crippen molar-refractivity contribution >= 4 is 23.8 Å². The molecule has 0 fully saturated rings. The van der Waals surface area contributed by atoms with Crippen molar-refractivity contribution in [2.24, 2.45) is 17.2 Å². The van der Waals surface area contributed by atoms with Crippen LogP contribution in [-0.2, 0) is 14.4 Å². The average molecular weight is 1010 g/mol. The molecule has 0 radical (unpaired) electrons. The SMILES string of the molecule is CCCCCCCC/C=C\CCCCCCCC(=O)Oc1ccc(C(=O)NCCC(=O)N[C@@H](CCCN(CCCN)CCCN)NCCCN)cc1OC(=O)CCCCCCC/C=C\CCCCCCCC. The number of nitrogens with zero attached hydrogens (tertiary/aromatic N) is 1. The van der Waals surface area contributed by atoms with Crippen molar-refractivity contribution in [3.05, 3.63) is 48.1 Å². The molecule has 0 heterocycles. The monoisotopic (exact) mass is 1010 g/mol. The molecule has 0 aliphatic rings. The van der Waals surface area contributed by atoms with E-state index in [9.17, 15) is 19.2 Å². The van der Waals surface area contributed by atoms with Crippen LogP contribution in [0.4, 0.5) is 0 Å². The molecule has 0 bridgehead atoms. The first-order valence-electron chi connectivity index (χ1n) is 29.3. The highest BCUT2D eigenvalue weighted by atomic mass is 16.6. The Balaban J connectivity index is 2.74. The maximum atomic E-state index is 13.4. The number of rotatable bonds is 51. The molecule has 0 aromatic heterocycles. The van der Waals surface area contributed by atoms with E-state index in [4.69, 9.17) is 26.7 Å². The fraction of sp³-hybridized carbons (Fsp3) is 0.763. The first kappa shape index (κ1) is 66.4. The van der Waals surface area contributed by atoms with Crippen molar-refractivity contribution in [2.75, 3.05) is 52.4 Å². The molecule has 0 aliphatic carbocycles. The van der Waals surface area contributed by atoms with Gasteiger partial charge in [-0.1, -0.05) is 141 Å². The highest BCUT2D eigenvalue weighted by Crippen LogP contribution is 2.30. The van der Waals surface area contributed by atoms with Crippen LogP contribution >= 0.6 is 0 Å². The van der Waals surface area contributed by atoms with Gasteiger partial charge in [0.2, 0.25) is 5.91 Å². The minimum absolute atomic E-state index is 0.0343. The van der Waals surface area contributed by atoms with Crippen LogP contribution in [-0.4, -0.2) is 87.2 Å². The number of carbonyl (C=O) groups excluding carboxylic acids is 4. The van der Waals surface area contributed by atoms with Crippen molar-refractivity contribution in [3.8, 4) is 11.5 Å². The molecular weight excluding hydrogens is 903 g/mol. The Hall–Kier alpha value is -3.62. The maximum absolute atomic E-state index is 13.4. The van der Waals surface area contributed by atoms with Gasteiger partial charge in [0, 0.05) is 31.4 Å². The first-order valence-corrected chi connectivity index (χ1v) is 29.3. The summed E-state index contributed by atoms with van der Waals surface area (Å²) in [6, 6.07) is 4.50. The number of allylic oxidation sites excluding steroid dienone is 4. The molecule has 9 N–H and O–H groups in total. The van der Waals surface area contributed by atoms with Crippen LogP contribution in [0.2, 0.25) is 0 Å². The predicted molar refractivity (Wildman–Crippen MR) is 300 cm³/mol. The van der Waals surface area contributed by atoms with Crippen LogP contribution < -0.4 is 42.6 Å².